The Labute approximate surface area is 196 Å². The van der Waals surface area contributed by atoms with Gasteiger partial charge in [-0.2, -0.15) is 0 Å². The third-order valence-corrected chi connectivity index (χ3v) is 6.74. The minimum Gasteiger partial charge on any atom is -0.384 e. The molecule has 1 fully saturated rings. The Morgan fingerprint density at radius 2 is 2.00 bits per heavy atom. The average molecular weight is 459 g/mol. The number of aryl methyl sites for hydroxylation is 1. The standard InChI is InChI=1S/C25H35FN4OS/c1-18(2)16-29-9-10-30(32-12-11-31-4)17-25(29)23-14-20(15-27)24(13-19(23)3)28-22-7-5-21(26)6-8-22/h5-8,13-15,18,25,27-28H,9-12,16-17H2,1-4H3. The van der Waals surface area contributed by atoms with Crippen LogP contribution >= 0.6 is 11.9 Å². The largest absolute Gasteiger partial charge is 0.384 e. The molecule has 1 aliphatic heterocycles. The van der Waals surface area contributed by atoms with E-state index in [9.17, 15) is 4.39 Å². The molecule has 1 aliphatic rings. The van der Waals surface area contributed by atoms with Gasteiger partial charge in [0.1, 0.15) is 5.82 Å². The number of nitrogens with zero attached hydrogens (tertiary/aromatic N) is 2. The minimum atomic E-state index is -0.259. The van der Waals surface area contributed by atoms with Gasteiger partial charge in [-0.25, -0.2) is 8.70 Å². The molecule has 0 spiro atoms. The van der Waals surface area contributed by atoms with Crippen molar-refractivity contribution >= 4 is 29.5 Å². The summed E-state index contributed by atoms with van der Waals surface area (Å²) < 4.78 is 20.9. The van der Waals surface area contributed by atoms with Crippen LogP contribution in [0, 0.1) is 24.1 Å². The summed E-state index contributed by atoms with van der Waals surface area (Å²) in [5.74, 6) is 1.29. The van der Waals surface area contributed by atoms with Crippen LogP contribution < -0.4 is 5.32 Å². The molecule has 0 aliphatic carbocycles. The van der Waals surface area contributed by atoms with Crippen LogP contribution in [0.15, 0.2) is 36.4 Å². The number of anilines is 2. The van der Waals surface area contributed by atoms with E-state index in [-0.39, 0.29) is 11.9 Å². The van der Waals surface area contributed by atoms with Crippen LogP contribution in [0.2, 0.25) is 0 Å². The van der Waals surface area contributed by atoms with Crippen LogP contribution in [-0.4, -0.2) is 61.1 Å². The van der Waals surface area contributed by atoms with E-state index in [1.807, 2.05) is 11.9 Å². The molecule has 0 saturated carbocycles. The third-order valence-electron chi connectivity index (χ3n) is 5.69. The fraction of sp³-hybridized carbons (Fsp3) is 0.480. The molecule has 32 heavy (non-hydrogen) atoms. The highest BCUT2D eigenvalue weighted by molar-refractivity contribution is 7.97. The van der Waals surface area contributed by atoms with Crippen LogP contribution in [0.5, 0.6) is 0 Å². The highest BCUT2D eigenvalue weighted by Gasteiger charge is 2.30. The van der Waals surface area contributed by atoms with Crippen molar-refractivity contribution in [2.24, 2.45) is 5.92 Å². The molecule has 2 aromatic carbocycles. The summed E-state index contributed by atoms with van der Waals surface area (Å²) in [5, 5.41) is 11.4. The van der Waals surface area contributed by atoms with Gasteiger partial charge in [-0.3, -0.25) is 4.90 Å². The second kappa shape index (κ2) is 11.8. The van der Waals surface area contributed by atoms with Crippen molar-refractivity contribution in [3.8, 4) is 0 Å². The number of benzene rings is 2. The highest BCUT2D eigenvalue weighted by Crippen LogP contribution is 2.34. The first-order chi connectivity index (χ1) is 15.4. The molecule has 3 rings (SSSR count). The lowest BCUT2D eigenvalue weighted by Gasteiger charge is -2.42. The maximum absolute atomic E-state index is 13.3. The maximum atomic E-state index is 13.3. The Morgan fingerprint density at radius 1 is 1.25 bits per heavy atom. The summed E-state index contributed by atoms with van der Waals surface area (Å²) in [6.07, 6.45) is 1.40. The number of piperazine rings is 1. The lowest BCUT2D eigenvalue weighted by atomic mass is 9.94. The van der Waals surface area contributed by atoms with Gasteiger partial charge < -0.3 is 15.5 Å². The normalized spacial score (nSPS) is 17.6. The van der Waals surface area contributed by atoms with Crippen molar-refractivity contribution in [1.82, 2.24) is 9.21 Å². The maximum Gasteiger partial charge on any atom is 0.123 e. The fourth-order valence-electron chi connectivity index (χ4n) is 4.16. The van der Waals surface area contributed by atoms with Crippen LogP contribution in [0.4, 0.5) is 15.8 Å². The van der Waals surface area contributed by atoms with E-state index >= 15 is 0 Å². The molecule has 1 heterocycles. The van der Waals surface area contributed by atoms with Crippen LogP contribution in [0.1, 0.15) is 36.6 Å². The van der Waals surface area contributed by atoms with Gasteiger partial charge in [0.15, 0.2) is 0 Å². The lowest BCUT2D eigenvalue weighted by molar-refractivity contribution is 0.109. The van der Waals surface area contributed by atoms with E-state index in [1.54, 1.807) is 19.2 Å². The molecule has 0 bridgehead atoms. The molecule has 2 N–H and O–H groups in total. The number of ether oxygens (including phenoxy) is 1. The average Bonchev–Trinajstić information content (AvgIpc) is 2.76. The zero-order chi connectivity index (χ0) is 23.1. The van der Waals surface area contributed by atoms with E-state index in [1.165, 1.54) is 29.5 Å². The van der Waals surface area contributed by atoms with E-state index in [0.29, 0.717) is 5.92 Å². The van der Waals surface area contributed by atoms with E-state index < -0.39 is 0 Å². The first kappa shape index (κ1) is 24.7. The molecule has 0 aromatic heterocycles. The molecule has 1 saturated heterocycles. The Hall–Kier alpha value is -1.93. The predicted octanol–water partition coefficient (Wildman–Crippen LogP) is 5.48. The molecule has 1 atom stereocenters. The summed E-state index contributed by atoms with van der Waals surface area (Å²) in [6, 6.07) is 10.9. The second-order valence-corrected chi connectivity index (χ2v) is 9.87. The Morgan fingerprint density at radius 3 is 2.66 bits per heavy atom. The zero-order valence-corrected chi connectivity index (χ0v) is 20.3. The van der Waals surface area contributed by atoms with Crippen molar-refractivity contribution in [3.63, 3.8) is 0 Å². The Kier molecular flexibility index (Phi) is 9.11. The number of methoxy groups -OCH3 is 1. The van der Waals surface area contributed by atoms with E-state index in [0.717, 1.165) is 55.5 Å². The zero-order valence-electron chi connectivity index (χ0n) is 19.5. The first-order valence-corrected chi connectivity index (χ1v) is 12.1. The predicted molar refractivity (Wildman–Crippen MR) is 134 cm³/mol. The molecule has 0 radical (unpaired) electrons. The Bertz CT molecular complexity index is 890. The number of hydrogen-bond acceptors (Lipinski definition) is 6. The monoisotopic (exact) mass is 458 g/mol. The molecule has 2 aromatic rings. The van der Waals surface area contributed by atoms with Crippen molar-refractivity contribution in [2.45, 2.75) is 26.8 Å². The van der Waals surface area contributed by atoms with Gasteiger partial charge in [0.25, 0.3) is 0 Å². The SMILES string of the molecule is COCCSN1CCN(CC(C)C)C(c2cc(C=N)c(Nc3ccc(F)cc3)cc2C)C1. The molecule has 0 amide bonds. The highest BCUT2D eigenvalue weighted by atomic mass is 32.2. The van der Waals surface area contributed by atoms with Gasteiger partial charge in [-0.15, -0.1) is 0 Å². The molecule has 7 heteroatoms. The first-order valence-electron chi connectivity index (χ1n) is 11.2. The summed E-state index contributed by atoms with van der Waals surface area (Å²) in [7, 11) is 1.74. The van der Waals surface area contributed by atoms with E-state index in [4.69, 9.17) is 10.1 Å². The quantitative estimate of drug-likeness (QED) is 0.280. The van der Waals surface area contributed by atoms with Crippen molar-refractivity contribution < 1.29 is 9.13 Å². The molecular weight excluding hydrogens is 423 g/mol. The topological polar surface area (TPSA) is 51.6 Å². The van der Waals surface area contributed by atoms with Crippen molar-refractivity contribution in [2.75, 3.05) is 51.0 Å². The molecule has 5 nitrogen and oxygen atoms in total. The van der Waals surface area contributed by atoms with Crippen molar-refractivity contribution in [3.05, 3.63) is 58.9 Å². The van der Waals surface area contributed by atoms with Crippen LogP contribution in [0.3, 0.4) is 0 Å². The van der Waals surface area contributed by atoms with Crippen LogP contribution in [0.25, 0.3) is 0 Å². The smallest absolute Gasteiger partial charge is 0.123 e. The van der Waals surface area contributed by atoms with Gasteiger partial charge in [0.2, 0.25) is 0 Å². The summed E-state index contributed by atoms with van der Waals surface area (Å²) >= 11 is 1.86. The van der Waals surface area contributed by atoms with Crippen molar-refractivity contribution in [1.29, 1.82) is 5.41 Å². The van der Waals surface area contributed by atoms with E-state index in [2.05, 4.69) is 47.4 Å². The second-order valence-electron chi connectivity index (χ2n) is 8.69. The van der Waals surface area contributed by atoms with Gasteiger partial charge in [0, 0.05) is 68.2 Å². The lowest BCUT2D eigenvalue weighted by Crippen LogP contribution is -2.47. The minimum absolute atomic E-state index is 0.259. The van der Waals surface area contributed by atoms with Gasteiger partial charge >= 0.3 is 0 Å². The number of rotatable bonds is 10. The summed E-state index contributed by atoms with van der Waals surface area (Å²) in [4.78, 5) is 2.58. The summed E-state index contributed by atoms with van der Waals surface area (Å²) in [5.41, 5.74) is 4.98. The molecule has 174 valence electrons. The molecule has 1 unspecified atom stereocenters. The number of nitrogens with one attached hydrogen (secondary N) is 2. The number of hydrogen-bond donors (Lipinski definition) is 2. The molecular formula is C25H35FN4OS. The number of halogens is 1. The third kappa shape index (κ3) is 6.54. The van der Waals surface area contributed by atoms with Gasteiger partial charge in [-0.05, 0) is 60.4 Å². The van der Waals surface area contributed by atoms with Gasteiger partial charge in [-0.1, -0.05) is 25.8 Å². The van der Waals surface area contributed by atoms with Crippen LogP contribution in [-0.2, 0) is 4.74 Å². The fourth-order valence-corrected chi connectivity index (χ4v) is 5.12. The Balaban J connectivity index is 1.87. The van der Waals surface area contributed by atoms with Gasteiger partial charge in [0.05, 0.1) is 6.61 Å². The summed E-state index contributed by atoms with van der Waals surface area (Å²) in [6.45, 7) is 11.5.